The number of hydrogen-bond acceptors (Lipinski definition) is 3. The highest BCUT2D eigenvalue weighted by molar-refractivity contribution is 7.85. The lowest BCUT2D eigenvalue weighted by Crippen LogP contribution is -2.19. The molecule has 1 aromatic rings. The largest absolute Gasteiger partial charge is 0.294 e. The van der Waals surface area contributed by atoms with E-state index in [1.54, 1.807) is 0 Å². The fraction of sp³-hybridized carbons (Fsp3) is 0.143. The Kier molecular flexibility index (Phi) is 3.45. The second-order valence-electron chi connectivity index (χ2n) is 2.70. The molecule has 0 saturated carbocycles. The normalized spacial score (nSPS) is 13.5. The first-order chi connectivity index (χ1) is 6.82. The van der Waals surface area contributed by atoms with Gasteiger partial charge in [0.05, 0.1) is 10.6 Å². The molecule has 84 valence electrons. The second kappa shape index (κ2) is 4.27. The Balaban J connectivity index is 3.20. The van der Waals surface area contributed by atoms with E-state index in [1.807, 2.05) is 0 Å². The molecule has 0 spiro atoms. The topological polar surface area (TPSA) is 94.9 Å². The van der Waals surface area contributed by atoms with Crippen molar-refractivity contribution in [1.29, 1.82) is 0 Å². The molecular weight excluding hydrogens is 242 g/mol. The molecule has 0 fully saturated rings. The zero-order valence-electron chi connectivity index (χ0n) is 7.69. The van der Waals surface area contributed by atoms with E-state index in [0.717, 1.165) is 10.4 Å². The van der Waals surface area contributed by atoms with Crippen LogP contribution in [0.3, 0.4) is 0 Å². The van der Waals surface area contributed by atoms with Gasteiger partial charge in [0.2, 0.25) is 0 Å². The molecule has 15 heavy (non-hydrogen) atoms. The van der Waals surface area contributed by atoms with Crippen molar-refractivity contribution in [2.24, 2.45) is 0 Å². The molecule has 8 heteroatoms. The maximum absolute atomic E-state index is 10.8. The Morgan fingerprint density at radius 1 is 1.40 bits per heavy atom. The highest BCUT2D eigenvalue weighted by Crippen LogP contribution is 2.18. The molecule has 1 aromatic carbocycles. The monoisotopic (exact) mass is 251 g/mol. The van der Waals surface area contributed by atoms with Crippen LogP contribution in [-0.4, -0.2) is 28.8 Å². The predicted octanol–water partition coefficient (Wildman–Crippen LogP) is 0.506. The van der Waals surface area contributed by atoms with Crippen molar-refractivity contribution in [1.82, 2.24) is 0 Å². The third kappa shape index (κ3) is 2.99. The van der Waals surface area contributed by atoms with E-state index in [4.69, 9.17) is 9.11 Å². The van der Waals surface area contributed by atoms with Crippen LogP contribution in [0, 0.1) is 0 Å². The highest BCUT2D eigenvalue weighted by atomic mass is 32.2. The van der Waals surface area contributed by atoms with Gasteiger partial charge in [0.25, 0.3) is 21.4 Å². The fourth-order valence-electron chi connectivity index (χ4n) is 0.930. The van der Waals surface area contributed by atoms with Gasteiger partial charge in [0, 0.05) is 7.05 Å². The summed E-state index contributed by atoms with van der Waals surface area (Å²) in [5.41, 5.74) is 0.214. The lowest BCUT2D eigenvalue weighted by atomic mass is 10.3. The SMILES string of the molecule is CN(c1cccc(S(=O)(=O)O)c1)S(=O)O. The van der Waals surface area contributed by atoms with E-state index in [9.17, 15) is 12.6 Å². The molecule has 0 saturated heterocycles. The van der Waals surface area contributed by atoms with E-state index in [-0.39, 0.29) is 10.6 Å². The van der Waals surface area contributed by atoms with Crippen molar-refractivity contribution in [2.75, 3.05) is 11.4 Å². The van der Waals surface area contributed by atoms with Gasteiger partial charge in [-0.1, -0.05) is 6.07 Å². The highest BCUT2D eigenvalue weighted by Gasteiger charge is 2.12. The summed E-state index contributed by atoms with van der Waals surface area (Å²) in [6, 6.07) is 5.10. The molecule has 0 radical (unpaired) electrons. The summed E-state index contributed by atoms with van der Waals surface area (Å²) in [5.74, 6) is 0. The van der Waals surface area contributed by atoms with Gasteiger partial charge < -0.3 is 0 Å². The smallest absolute Gasteiger partial charge is 0.289 e. The summed E-state index contributed by atoms with van der Waals surface area (Å²) in [4.78, 5) is -0.322. The van der Waals surface area contributed by atoms with Crippen molar-refractivity contribution in [3.05, 3.63) is 24.3 Å². The van der Waals surface area contributed by atoms with E-state index in [0.29, 0.717) is 0 Å². The average Bonchev–Trinajstić information content (AvgIpc) is 2.15. The predicted molar refractivity (Wildman–Crippen MR) is 55.4 cm³/mol. The molecule has 6 nitrogen and oxygen atoms in total. The van der Waals surface area contributed by atoms with Gasteiger partial charge in [-0.15, -0.1) is 0 Å². The Morgan fingerprint density at radius 3 is 2.47 bits per heavy atom. The molecule has 0 bridgehead atoms. The Labute approximate surface area is 89.7 Å². The van der Waals surface area contributed by atoms with E-state index in [2.05, 4.69) is 0 Å². The van der Waals surface area contributed by atoms with Gasteiger partial charge in [-0.2, -0.15) is 8.42 Å². The number of rotatable bonds is 3. The van der Waals surface area contributed by atoms with Crippen LogP contribution in [0.2, 0.25) is 0 Å². The molecule has 0 amide bonds. The minimum atomic E-state index is -4.29. The first-order valence-corrected chi connectivity index (χ1v) is 6.25. The van der Waals surface area contributed by atoms with Gasteiger partial charge in [0.15, 0.2) is 0 Å². The van der Waals surface area contributed by atoms with Crippen LogP contribution in [0.25, 0.3) is 0 Å². The fourth-order valence-corrected chi connectivity index (χ4v) is 1.74. The summed E-state index contributed by atoms with van der Waals surface area (Å²) in [5, 5.41) is 0. The van der Waals surface area contributed by atoms with Gasteiger partial charge in [0.1, 0.15) is 0 Å². The van der Waals surface area contributed by atoms with Crippen LogP contribution in [0.5, 0.6) is 0 Å². The molecule has 1 unspecified atom stereocenters. The molecule has 0 aromatic heterocycles. The third-order valence-corrected chi connectivity index (χ3v) is 3.24. The summed E-state index contributed by atoms with van der Waals surface area (Å²) >= 11 is -2.24. The van der Waals surface area contributed by atoms with Gasteiger partial charge in [-0.25, -0.2) is 4.21 Å². The lowest BCUT2D eigenvalue weighted by Gasteiger charge is -2.13. The van der Waals surface area contributed by atoms with Crippen LogP contribution < -0.4 is 4.31 Å². The summed E-state index contributed by atoms with van der Waals surface area (Å²) in [6.07, 6.45) is 0. The Morgan fingerprint density at radius 2 is 2.00 bits per heavy atom. The standard InChI is InChI=1S/C7H9NO5S2/c1-8(14(9)10)6-3-2-4-7(5-6)15(11,12)13/h2-5H,1H3,(H,9,10)(H,11,12,13). The minimum Gasteiger partial charge on any atom is -0.289 e. The summed E-state index contributed by atoms with van der Waals surface area (Å²) < 4.78 is 50.7. The minimum absolute atomic E-state index is 0.214. The van der Waals surface area contributed by atoms with Crippen molar-refractivity contribution in [3.63, 3.8) is 0 Å². The lowest BCUT2D eigenvalue weighted by molar-refractivity contribution is 0.483. The van der Waals surface area contributed by atoms with Gasteiger partial charge >= 0.3 is 0 Å². The molecule has 0 aliphatic carbocycles. The Bertz CT molecular complexity index is 484. The molecule has 0 heterocycles. The van der Waals surface area contributed by atoms with Crippen molar-refractivity contribution in [3.8, 4) is 0 Å². The number of nitrogens with zero attached hydrogens (tertiary/aromatic N) is 1. The number of benzene rings is 1. The maximum atomic E-state index is 10.8. The molecule has 0 aliphatic rings. The van der Waals surface area contributed by atoms with Crippen LogP contribution in [0.1, 0.15) is 0 Å². The Hall–Kier alpha value is -0.960. The average molecular weight is 251 g/mol. The van der Waals surface area contributed by atoms with Crippen molar-refractivity contribution in [2.45, 2.75) is 4.90 Å². The second-order valence-corrected chi connectivity index (χ2v) is 5.13. The zero-order valence-corrected chi connectivity index (χ0v) is 9.33. The van der Waals surface area contributed by atoms with E-state index < -0.39 is 21.4 Å². The first kappa shape index (κ1) is 12.1. The van der Waals surface area contributed by atoms with Crippen LogP contribution in [0.4, 0.5) is 5.69 Å². The van der Waals surface area contributed by atoms with Crippen LogP contribution >= 0.6 is 0 Å². The molecule has 2 N–H and O–H groups in total. The van der Waals surface area contributed by atoms with Crippen LogP contribution in [-0.2, 0) is 21.4 Å². The van der Waals surface area contributed by atoms with E-state index in [1.165, 1.54) is 25.2 Å². The number of anilines is 1. The molecule has 1 atom stereocenters. The molecule has 1 rings (SSSR count). The maximum Gasteiger partial charge on any atom is 0.294 e. The molecule has 0 aliphatic heterocycles. The van der Waals surface area contributed by atoms with Crippen LogP contribution in [0.15, 0.2) is 29.2 Å². The number of hydrogen-bond donors (Lipinski definition) is 2. The van der Waals surface area contributed by atoms with Crippen molar-refractivity contribution < 1.29 is 21.7 Å². The third-order valence-electron chi connectivity index (χ3n) is 1.71. The zero-order chi connectivity index (χ0) is 11.6. The first-order valence-electron chi connectivity index (χ1n) is 3.74. The molecular formula is C7H9NO5S2. The summed E-state index contributed by atoms with van der Waals surface area (Å²) in [6.45, 7) is 0. The van der Waals surface area contributed by atoms with Gasteiger partial charge in [-0.05, 0) is 18.2 Å². The van der Waals surface area contributed by atoms with E-state index >= 15 is 0 Å². The van der Waals surface area contributed by atoms with Gasteiger partial charge in [-0.3, -0.25) is 13.4 Å². The quantitative estimate of drug-likeness (QED) is 0.602. The van der Waals surface area contributed by atoms with Crippen molar-refractivity contribution >= 4 is 27.1 Å². The summed E-state index contributed by atoms with van der Waals surface area (Å²) in [7, 11) is -2.97.